The average Bonchev–Trinajstić information content (AvgIpc) is 2.41. The average molecular weight is 404 g/mol. The molecule has 7 heteroatoms. The van der Waals surface area contributed by atoms with E-state index in [1.807, 2.05) is 0 Å². The van der Waals surface area contributed by atoms with Crippen LogP contribution in [0, 0.1) is 3.57 Å². The van der Waals surface area contributed by atoms with Crippen LogP contribution in [0.25, 0.3) is 0 Å². The van der Waals surface area contributed by atoms with Gasteiger partial charge in [-0.1, -0.05) is 0 Å². The lowest BCUT2D eigenvalue weighted by atomic mass is 10.2. The van der Waals surface area contributed by atoms with E-state index in [0.29, 0.717) is 17.1 Å². The zero-order chi connectivity index (χ0) is 14.8. The molecule has 2 rings (SSSR count). The Labute approximate surface area is 131 Å². The molecule has 20 heavy (non-hydrogen) atoms. The summed E-state index contributed by atoms with van der Waals surface area (Å²) in [4.78, 5) is 0.181. The molecule has 0 spiro atoms. The van der Waals surface area contributed by atoms with Crippen LogP contribution in [0.3, 0.4) is 0 Å². The largest absolute Gasteiger partial charge is 0.497 e. The summed E-state index contributed by atoms with van der Waals surface area (Å²) >= 11 is 2.11. The summed E-state index contributed by atoms with van der Waals surface area (Å²) in [6.45, 7) is 0. The quantitative estimate of drug-likeness (QED) is 0.607. The highest BCUT2D eigenvalue weighted by Crippen LogP contribution is 2.27. The van der Waals surface area contributed by atoms with Gasteiger partial charge in [-0.2, -0.15) is 0 Å². The first-order chi connectivity index (χ1) is 9.42. The van der Waals surface area contributed by atoms with E-state index in [1.165, 1.54) is 7.11 Å². The van der Waals surface area contributed by atoms with Crippen LogP contribution in [0.2, 0.25) is 0 Å². The summed E-state index contributed by atoms with van der Waals surface area (Å²) < 4.78 is 33.0. The fourth-order valence-electron chi connectivity index (χ4n) is 1.57. The van der Waals surface area contributed by atoms with Crippen molar-refractivity contribution >= 4 is 44.0 Å². The van der Waals surface area contributed by atoms with Gasteiger partial charge in [-0.3, -0.25) is 4.72 Å². The highest BCUT2D eigenvalue weighted by Gasteiger charge is 2.15. The lowest BCUT2D eigenvalue weighted by Crippen LogP contribution is -2.14. The summed E-state index contributed by atoms with van der Waals surface area (Å²) in [5, 5.41) is 0. The molecule has 2 aromatic rings. The number of rotatable bonds is 4. The molecule has 0 amide bonds. The van der Waals surface area contributed by atoms with E-state index in [-0.39, 0.29) is 4.90 Å². The van der Waals surface area contributed by atoms with Gasteiger partial charge in [0.25, 0.3) is 10.0 Å². The van der Waals surface area contributed by atoms with Crippen molar-refractivity contribution in [2.24, 2.45) is 0 Å². The summed E-state index contributed by atoms with van der Waals surface area (Å²) in [5.41, 5.74) is 6.40. The summed E-state index contributed by atoms with van der Waals surface area (Å²) in [7, 11) is -2.16. The molecular formula is C13H13IN2O3S. The zero-order valence-corrected chi connectivity index (χ0v) is 13.6. The van der Waals surface area contributed by atoms with Gasteiger partial charge < -0.3 is 10.5 Å². The normalized spacial score (nSPS) is 11.1. The number of nitrogens with two attached hydrogens (primary N) is 1. The molecule has 0 unspecified atom stereocenters. The van der Waals surface area contributed by atoms with E-state index >= 15 is 0 Å². The monoisotopic (exact) mass is 404 g/mol. The highest BCUT2D eigenvalue weighted by molar-refractivity contribution is 14.1. The second kappa shape index (κ2) is 5.88. The molecule has 0 atom stereocenters. The van der Waals surface area contributed by atoms with Gasteiger partial charge in [0.1, 0.15) is 5.75 Å². The van der Waals surface area contributed by atoms with Gasteiger partial charge >= 0.3 is 0 Å². The van der Waals surface area contributed by atoms with E-state index in [2.05, 4.69) is 27.3 Å². The van der Waals surface area contributed by atoms with E-state index in [0.717, 1.165) is 3.57 Å². The number of sulfonamides is 1. The number of nitrogen functional groups attached to an aromatic ring is 1. The van der Waals surface area contributed by atoms with Crippen LogP contribution >= 0.6 is 22.6 Å². The number of nitrogens with one attached hydrogen (secondary N) is 1. The second-order valence-electron chi connectivity index (χ2n) is 4.01. The van der Waals surface area contributed by atoms with Gasteiger partial charge in [-0.15, -0.1) is 0 Å². The van der Waals surface area contributed by atoms with Crippen molar-refractivity contribution in [3.63, 3.8) is 0 Å². The Morgan fingerprint density at radius 3 is 2.40 bits per heavy atom. The fourth-order valence-corrected chi connectivity index (χ4v) is 3.01. The minimum atomic E-state index is -3.67. The molecule has 0 fully saturated rings. The van der Waals surface area contributed by atoms with Crippen LogP contribution < -0.4 is 15.2 Å². The number of hydrogen-bond acceptors (Lipinski definition) is 4. The van der Waals surface area contributed by atoms with Gasteiger partial charge in [0.2, 0.25) is 0 Å². The van der Waals surface area contributed by atoms with Crippen molar-refractivity contribution in [3.05, 3.63) is 46.0 Å². The van der Waals surface area contributed by atoms with Gasteiger partial charge in [0, 0.05) is 9.64 Å². The Bertz CT molecular complexity index is 715. The van der Waals surface area contributed by atoms with Crippen LogP contribution in [0.1, 0.15) is 0 Å². The number of halogens is 1. The first-order valence-electron chi connectivity index (χ1n) is 5.64. The van der Waals surface area contributed by atoms with Crippen LogP contribution in [-0.4, -0.2) is 15.5 Å². The Balaban J connectivity index is 2.35. The van der Waals surface area contributed by atoms with E-state index in [9.17, 15) is 8.42 Å². The summed E-state index contributed by atoms with van der Waals surface area (Å²) in [6, 6.07) is 11.3. The number of ether oxygens (including phenoxy) is 1. The topological polar surface area (TPSA) is 81.4 Å². The van der Waals surface area contributed by atoms with E-state index in [4.69, 9.17) is 10.5 Å². The smallest absolute Gasteiger partial charge is 0.261 e. The Morgan fingerprint density at radius 1 is 1.15 bits per heavy atom. The Kier molecular flexibility index (Phi) is 4.39. The predicted molar refractivity (Wildman–Crippen MR) is 87.4 cm³/mol. The predicted octanol–water partition coefficient (Wildman–Crippen LogP) is 2.68. The van der Waals surface area contributed by atoms with Crippen LogP contribution in [-0.2, 0) is 10.0 Å². The first kappa shape index (κ1) is 14.9. The minimum Gasteiger partial charge on any atom is -0.497 e. The summed E-state index contributed by atoms with van der Waals surface area (Å²) in [5.74, 6) is 0.527. The van der Waals surface area contributed by atoms with Crippen LogP contribution in [0.4, 0.5) is 11.4 Å². The minimum absolute atomic E-state index is 0.181. The number of benzene rings is 2. The van der Waals surface area contributed by atoms with Gasteiger partial charge in [-0.25, -0.2) is 8.42 Å². The summed E-state index contributed by atoms with van der Waals surface area (Å²) in [6.07, 6.45) is 0. The molecule has 0 saturated carbocycles. The van der Waals surface area contributed by atoms with Crippen molar-refractivity contribution in [1.82, 2.24) is 0 Å². The van der Waals surface area contributed by atoms with Crippen molar-refractivity contribution < 1.29 is 13.2 Å². The molecule has 0 heterocycles. The van der Waals surface area contributed by atoms with Gasteiger partial charge in [-0.05, 0) is 59.0 Å². The third-order valence-electron chi connectivity index (χ3n) is 2.63. The molecule has 106 valence electrons. The maximum atomic E-state index is 12.3. The maximum Gasteiger partial charge on any atom is 0.261 e. The molecule has 0 aliphatic heterocycles. The molecule has 0 aliphatic carbocycles. The number of anilines is 2. The van der Waals surface area contributed by atoms with Crippen molar-refractivity contribution in [2.75, 3.05) is 17.6 Å². The third-order valence-corrected chi connectivity index (χ3v) is 4.73. The SMILES string of the molecule is COc1ccc(N)c(NS(=O)(=O)c2ccc(I)cc2)c1. The second-order valence-corrected chi connectivity index (χ2v) is 6.94. The maximum absolute atomic E-state index is 12.3. The fraction of sp³-hybridized carbons (Fsp3) is 0.0769. The number of methoxy groups -OCH3 is 1. The van der Waals surface area contributed by atoms with Crippen LogP contribution in [0.15, 0.2) is 47.4 Å². The Morgan fingerprint density at radius 2 is 1.80 bits per heavy atom. The lowest BCUT2D eigenvalue weighted by molar-refractivity contribution is 0.415. The molecule has 3 N–H and O–H groups in total. The van der Waals surface area contributed by atoms with Gasteiger partial charge in [0.05, 0.1) is 23.4 Å². The Hall–Kier alpha value is -1.48. The van der Waals surface area contributed by atoms with Crippen molar-refractivity contribution in [3.8, 4) is 5.75 Å². The van der Waals surface area contributed by atoms with Crippen molar-refractivity contribution in [2.45, 2.75) is 4.90 Å². The molecular weight excluding hydrogens is 391 g/mol. The first-order valence-corrected chi connectivity index (χ1v) is 8.20. The molecule has 5 nitrogen and oxygen atoms in total. The van der Waals surface area contributed by atoms with Crippen molar-refractivity contribution in [1.29, 1.82) is 0 Å². The van der Waals surface area contributed by atoms with E-state index < -0.39 is 10.0 Å². The molecule has 2 aromatic carbocycles. The number of hydrogen-bond donors (Lipinski definition) is 2. The van der Waals surface area contributed by atoms with E-state index in [1.54, 1.807) is 42.5 Å². The highest BCUT2D eigenvalue weighted by atomic mass is 127. The lowest BCUT2D eigenvalue weighted by Gasteiger charge is -2.11. The molecule has 0 aliphatic rings. The zero-order valence-electron chi connectivity index (χ0n) is 10.6. The standard InChI is InChI=1S/C13H13IN2O3S/c1-19-10-4-7-12(15)13(8-10)16-20(17,18)11-5-2-9(14)3-6-11/h2-8,16H,15H2,1H3. The molecule has 0 aromatic heterocycles. The molecule has 0 radical (unpaired) electrons. The third kappa shape index (κ3) is 3.34. The van der Waals surface area contributed by atoms with Gasteiger partial charge in [0.15, 0.2) is 0 Å². The molecule has 0 bridgehead atoms. The van der Waals surface area contributed by atoms with Crippen LogP contribution in [0.5, 0.6) is 5.75 Å². The molecule has 0 saturated heterocycles.